The van der Waals surface area contributed by atoms with Gasteiger partial charge < -0.3 is 0 Å². The Kier molecular flexibility index (Phi) is 3.81. The van der Waals surface area contributed by atoms with Gasteiger partial charge in [-0.15, -0.1) is 0 Å². The topological polar surface area (TPSA) is 79.0 Å². The fraction of sp³-hybridized carbons (Fsp3) is 0.750. The number of aromatic amines is 1. The van der Waals surface area contributed by atoms with Gasteiger partial charge >= 0.3 is 0 Å². The van der Waals surface area contributed by atoms with Crippen LogP contribution < -0.4 is 0 Å². The summed E-state index contributed by atoms with van der Waals surface area (Å²) in [6, 6.07) is 0. The van der Waals surface area contributed by atoms with Crippen LogP contribution >= 0.6 is 0 Å². The third-order valence-corrected chi connectivity index (χ3v) is 4.02. The van der Waals surface area contributed by atoms with E-state index in [1.807, 2.05) is 13.8 Å². The van der Waals surface area contributed by atoms with Gasteiger partial charge in [-0.05, 0) is 5.92 Å². The normalized spacial score (nSPS) is 12.6. The molecule has 0 fully saturated rings. The zero-order chi connectivity index (χ0) is 11.5. The molecule has 0 atom stereocenters. The Hall–Kier alpha value is -0.950. The molecule has 0 aliphatic rings. The van der Waals surface area contributed by atoms with Crippen molar-refractivity contribution < 1.29 is 8.42 Å². The number of nitrogens with zero attached hydrogens (tertiary/aromatic N) is 3. The van der Waals surface area contributed by atoms with Gasteiger partial charge in [-0.3, -0.25) is 5.10 Å². The molecule has 6 nitrogen and oxygen atoms in total. The lowest BCUT2D eigenvalue weighted by molar-refractivity contribution is 0.451. The van der Waals surface area contributed by atoms with E-state index in [4.69, 9.17) is 0 Å². The maximum atomic E-state index is 11.7. The first-order valence-electron chi connectivity index (χ1n) is 4.70. The minimum Gasteiger partial charge on any atom is -0.262 e. The van der Waals surface area contributed by atoms with E-state index in [0.717, 1.165) is 0 Å². The molecule has 7 heteroatoms. The van der Waals surface area contributed by atoms with Crippen molar-refractivity contribution in [1.82, 2.24) is 19.5 Å². The predicted molar refractivity (Wildman–Crippen MR) is 56.5 cm³/mol. The summed E-state index contributed by atoms with van der Waals surface area (Å²) in [6.07, 6.45) is 1.36. The maximum Gasteiger partial charge on any atom is 0.214 e. The lowest BCUT2D eigenvalue weighted by atomic mass is 10.3. The van der Waals surface area contributed by atoms with E-state index in [9.17, 15) is 8.42 Å². The largest absolute Gasteiger partial charge is 0.262 e. The molecule has 15 heavy (non-hydrogen) atoms. The SMILES string of the molecule is CC(C)CS(=O)(=O)N(C)Cc1ncn[nH]1. The molecule has 0 radical (unpaired) electrons. The van der Waals surface area contributed by atoms with Crippen LogP contribution in [0.5, 0.6) is 0 Å². The first-order chi connectivity index (χ1) is 6.92. The first-order valence-corrected chi connectivity index (χ1v) is 6.31. The van der Waals surface area contributed by atoms with Crippen LogP contribution in [0.2, 0.25) is 0 Å². The van der Waals surface area contributed by atoms with E-state index >= 15 is 0 Å². The number of nitrogens with one attached hydrogen (secondary N) is 1. The molecule has 1 N–H and O–H groups in total. The van der Waals surface area contributed by atoms with Crippen LogP contribution in [0.4, 0.5) is 0 Å². The summed E-state index contributed by atoms with van der Waals surface area (Å²) in [4.78, 5) is 3.88. The zero-order valence-corrected chi connectivity index (χ0v) is 9.95. The van der Waals surface area contributed by atoms with Crippen LogP contribution in [-0.2, 0) is 16.6 Å². The molecular weight excluding hydrogens is 216 g/mol. The zero-order valence-electron chi connectivity index (χ0n) is 9.14. The lowest BCUT2D eigenvalue weighted by Gasteiger charge is -2.16. The van der Waals surface area contributed by atoms with Gasteiger partial charge in [-0.25, -0.2) is 13.4 Å². The second-order valence-electron chi connectivity index (χ2n) is 3.86. The number of H-pyrrole nitrogens is 1. The van der Waals surface area contributed by atoms with Crippen molar-refractivity contribution in [2.45, 2.75) is 20.4 Å². The number of rotatable bonds is 5. The Morgan fingerprint density at radius 1 is 1.53 bits per heavy atom. The van der Waals surface area contributed by atoms with Crippen LogP contribution in [0.25, 0.3) is 0 Å². The van der Waals surface area contributed by atoms with Crippen molar-refractivity contribution in [2.75, 3.05) is 12.8 Å². The molecule has 0 bridgehead atoms. The minimum absolute atomic E-state index is 0.118. The van der Waals surface area contributed by atoms with Crippen molar-refractivity contribution in [3.05, 3.63) is 12.2 Å². The average Bonchev–Trinajstić information content (AvgIpc) is 2.54. The molecule has 0 aliphatic heterocycles. The molecule has 0 spiro atoms. The molecule has 0 saturated heterocycles. The fourth-order valence-electron chi connectivity index (χ4n) is 1.16. The quantitative estimate of drug-likeness (QED) is 0.787. The highest BCUT2D eigenvalue weighted by atomic mass is 32.2. The highest BCUT2D eigenvalue weighted by Crippen LogP contribution is 2.07. The Morgan fingerprint density at radius 3 is 2.67 bits per heavy atom. The summed E-state index contributed by atoms with van der Waals surface area (Å²) in [5.41, 5.74) is 0. The second kappa shape index (κ2) is 4.71. The average molecular weight is 232 g/mol. The van der Waals surface area contributed by atoms with Gasteiger partial charge in [0.05, 0.1) is 12.3 Å². The molecule has 0 saturated carbocycles. The van der Waals surface area contributed by atoms with Gasteiger partial charge in [0.15, 0.2) is 0 Å². The molecule has 1 aromatic heterocycles. The van der Waals surface area contributed by atoms with Crippen LogP contribution in [0.15, 0.2) is 6.33 Å². The molecule has 0 aromatic carbocycles. The molecule has 0 amide bonds. The van der Waals surface area contributed by atoms with Crippen molar-refractivity contribution in [1.29, 1.82) is 0 Å². The van der Waals surface area contributed by atoms with Crippen LogP contribution in [0.3, 0.4) is 0 Å². The monoisotopic (exact) mass is 232 g/mol. The van der Waals surface area contributed by atoms with Crippen LogP contribution in [0.1, 0.15) is 19.7 Å². The fourth-order valence-corrected chi connectivity index (χ4v) is 2.58. The van der Waals surface area contributed by atoms with Gasteiger partial charge in [-0.1, -0.05) is 13.8 Å². The van der Waals surface area contributed by atoms with Crippen molar-refractivity contribution in [3.63, 3.8) is 0 Å². The molecule has 0 aliphatic carbocycles. The van der Waals surface area contributed by atoms with E-state index in [-0.39, 0.29) is 18.2 Å². The number of hydrogen-bond donors (Lipinski definition) is 1. The van der Waals surface area contributed by atoms with Crippen LogP contribution in [0, 0.1) is 5.92 Å². The Bertz CT molecular complexity index is 385. The Labute approximate surface area is 89.8 Å². The molecule has 0 unspecified atom stereocenters. The third-order valence-electron chi connectivity index (χ3n) is 1.86. The van der Waals surface area contributed by atoms with E-state index in [2.05, 4.69) is 15.2 Å². The number of aromatic nitrogens is 3. The van der Waals surface area contributed by atoms with Gasteiger partial charge in [-0.2, -0.15) is 9.40 Å². The molecular formula is C8H16N4O2S. The van der Waals surface area contributed by atoms with E-state index in [0.29, 0.717) is 5.82 Å². The summed E-state index contributed by atoms with van der Waals surface area (Å²) in [5, 5.41) is 6.29. The summed E-state index contributed by atoms with van der Waals surface area (Å²) < 4.78 is 24.7. The highest BCUT2D eigenvalue weighted by molar-refractivity contribution is 7.89. The van der Waals surface area contributed by atoms with Crippen LogP contribution in [-0.4, -0.2) is 40.7 Å². The number of hydrogen-bond acceptors (Lipinski definition) is 4. The summed E-state index contributed by atoms with van der Waals surface area (Å²) in [5.74, 6) is 0.814. The van der Waals surface area contributed by atoms with E-state index < -0.39 is 10.0 Å². The van der Waals surface area contributed by atoms with E-state index in [1.54, 1.807) is 7.05 Å². The smallest absolute Gasteiger partial charge is 0.214 e. The van der Waals surface area contributed by atoms with Crippen molar-refractivity contribution in [2.24, 2.45) is 5.92 Å². The number of sulfonamides is 1. The molecule has 1 rings (SSSR count). The summed E-state index contributed by atoms with van der Waals surface area (Å²) in [6.45, 7) is 3.98. The molecule has 1 aromatic rings. The van der Waals surface area contributed by atoms with Crippen molar-refractivity contribution >= 4 is 10.0 Å². The lowest BCUT2D eigenvalue weighted by Crippen LogP contribution is -2.31. The van der Waals surface area contributed by atoms with Gasteiger partial charge in [0, 0.05) is 7.05 Å². The maximum absolute atomic E-state index is 11.7. The summed E-state index contributed by atoms with van der Waals surface area (Å²) >= 11 is 0. The van der Waals surface area contributed by atoms with Gasteiger partial charge in [0.25, 0.3) is 0 Å². The minimum atomic E-state index is -3.19. The Balaban J connectivity index is 2.64. The third kappa shape index (κ3) is 3.60. The second-order valence-corrected chi connectivity index (χ2v) is 5.98. The molecule has 86 valence electrons. The molecule has 1 heterocycles. The predicted octanol–water partition coefficient (Wildman–Crippen LogP) is 0.222. The van der Waals surface area contributed by atoms with E-state index in [1.165, 1.54) is 10.6 Å². The first kappa shape index (κ1) is 12.1. The standard InChI is InChI=1S/C8H16N4O2S/c1-7(2)5-15(13,14)12(3)4-8-9-6-10-11-8/h6-7H,4-5H2,1-3H3,(H,9,10,11). The highest BCUT2D eigenvalue weighted by Gasteiger charge is 2.20. The Morgan fingerprint density at radius 2 is 2.20 bits per heavy atom. The van der Waals surface area contributed by atoms with Gasteiger partial charge in [0.1, 0.15) is 12.2 Å². The summed E-state index contributed by atoms with van der Waals surface area (Å²) in [7, 11) is -1.65. The van der Waals surface area contributed by atoms with Crippen molar-refractivity contribution in [3.8, 4) is 0 Å². The van der Waals surface area contributed by atoms with Gasteiger partial charge in [0.2, 0.25) is 10.0 Å².